The minimum Gasteiger partial charge on any atom is -0.338 e. The molecule has 5 heteroatoms. The van der Waals surface area contributed by atoms with Crippen LogP contribution in [0.25, 0.3) is 10.9 Å². The molecule has 0 aliphatic heterocycles. The zero-order valence-corrected chi connectivity index (χ0v) is 12.3. The highest BCUT2D eigenvalue weighted by Gasteiger charge is 2.08. The van der Waals surface area contributed by atoms with E-state index < -0.39 is 0 Å². The molecule has 1 N–H and O–H groups in total. The zero-order chi connectivity index (χ0) is 14.8. The number of aromatic nitrogens is 2. The van der Waals surface area contributed by atoms with Crippen molar-refractivity contribution in [2.75, 3.05) is 5.32 Å². The van der Waals surface area contributed by atoms with E-state index in [1.807, 2.05) is 48.0 Å². The highest BCUT2D eigenvalue weighted by atomic mass is 35.5. The second kappa shape index (κ2) is 5.58. The lowest BCUT2D eigenvalue weighted by atomic mass is 10.2. The number of amides is 1. The van der Waals surface area contributed by atoms with Crippen LogP contribution in [0.3, 0.4) is 0 Å². The molecule has 0 bridgehead atoms. The molecule has 3 aromatic rings. The fourth-order valence-corrected chi connectivity index (χ4v) is 2.40. The Hall–Kier alpha value is -2.33. The van der Waals surface area contributed by atoms with E-state index in [2.05, 4.69) is 10.3 Å². The number of pyridine rings is 1. The molecule has 0 radical (unpaired) electrons. The molecular formula is C16H14ClN3O. The maximum atomic E-state index is 12.2. The predicted molar refractivity (Wildman–Crippen MR) is 84.6 cm³/mol. The molecule has 0 saturated carbocycles. The second-order valence-corrected chi connectivity index (χ2v) is 5.32. The number of carbonyl (C=O) groups excluding carboxylic acids is 1. The van der Waals surface area contributed by atoms with E-state index in [1.54, 1.807) is 12.4 Å². The van der Waals surface area contributed by atoms with Crippen molar-refractivity contribution in [1.29, 1.82) is 0 Å². The average molecular weight is 300 g/mol. The van der Waals surface area contributed by atoms with E-state index in [9.17, 15) is 4.79 Å². The topological polar surface area (TPSA) is 46.9 Å². The lowest BCUT2D eigenvalue weighted by Crippen LogP contribution is -2.18. The molecule has 2 heterocycles. The van der Waals surface area contributed by atoms with Crippen molar-refractivity contribution in [1.82, 2.24) is 9.55 Å². The van der Waals surface area contributed by atoms with Crippen LogP contribution in [0.15, 0.2) is 48.9 Å². The largest absolute Gasteiger partial charge is 0.338 e. The maximum absolute atomic E-state index is 12.2. The summed E-state index contributed by atoms with van der Waals surface area (Å²) in [6.07, 6.45) is 5.24. The van der Waals surface area contributed by atoms with E-state index in [0.717, 1.165) is 22.2 Å². The fourth-order valence-electron chi connectivity index (χ4n) is 2.23. The molecule has 0 spiro atoms. The number of halogens is 1. The standard InChI is InChI=1S/C16H14ClN3O/c1-11-4-6-18-9-14(11)19-16(21)10-20-7-5-12-2-3-13(17)8-15(12)20/h2-9H,10H2,1H3,(H,19,21). The van der Waals surface area contributed by atoms with Crippen LogP contribution in [0.1, 0.15) is 5.56 Å². The summed E-state index contributed by atoms with van der Waals surface area (Å²) in [6.45, 7) is 2.17. The Morgan fingerprint density at radius 1 is 1.33 bits per heavy atom. The molecule has 0 saturated heterocycles. The van der Waals surface area contributed by atoms with Crippen molar-refractivity contribution in [3.8, 4) is 0 Å². The van der Waals surface area contributed by atoms with Gasteiger partial charge in [0, 0.05) is 22.9 Å². The second-order valence-electron chi connectivity index (χ2n) is 4.89. The van der Waals surface area contributed by atoms with Gasteiger partial charge in [0.25, 0.3) is 0 Å². The van der Waals surface area contributed by atoms with Gasteiger partial charge in [0.2, 0.25) is 5.91 Å². The highest BCUT2D eigenvalue weighted by molar-refractivity contribution is 6.31. The molecule has 3 rings (SSSR count). The molecule has 0 fully saturated rings. The van der Waals surface area contributed by atoms with Gasteiger partial charge in [-0.15, -0.1) is 0 Å². The third kappa shape index (κ3) is 2.90. The van der Waals surface area contributed by atoms with Gasteiger partial charge in [0.05, 0.1) is 11.9 Å². The van der Waals surface area contributed by atoms with E-state index in [4.69, 9.17) is 11.6 Å². The van der Waals surface area contributed by atoms with Crippen molar-refractivity contribution in [3.05, 3.63) is 59.5 Å². The molecule has 1 aromatic carbocycles. The minimum atomic E-state index is -0.0939. The molecular weight excluding hydrogens is 286 g/mol. The minimum absolute atomic E-state index is 0.0939. The molecule has 1 amide bonds. The van der Waals surface area contributed by atoms with Gasteiger partial charge in [-0.3, -0.25) is 9.78 Å². The van der Waals surface area contributed by atoms with Crippen molar-refractivity contribution < 1.29 is 4.79 Å². The SMILES string of the molecule is Cc1ccncc1NC(=O)Cn1ccc2ccc(Cl)cc21. The molecule has 0 aliphatic rings. The number of rotatable bonds is 3. The highest BCUT2D eigenvalue weighted by Crippen LogP contribution is 2.20. The summed E-state index contributed by atoms with van der Waals surface area (Å²) >= 11 is 6.01. The third-order valence-corrected chi connectivity index (χ3v) is 3.60. The van der Waals surface area contributed by atoms with Crippen LogP contribution in [0.2, 0.25) is 5.02 Å². The Labute approximate surface area is 127 Å². The van der Waals surface area contributed by atoms with Crippen molar-refractivity contribution >= 4 is 34.1 Å². The molecule has 0 atom stereocenters. The smallest absolute Gasteiger partial charge is 0.244 e. The Balaban J connectivity index is 1.80. The quantitative estimate of drug-likeness (QED) is 0.802. The first-order valence-corrected chi connectivity index (χ1v) is 6.96. The van der Waals surface area contributed by atoms with Crippen LogP contribution in [0, 0.1) is 6.92 Å². The number of hydrogen-bond donors (Lipinski definition) is 1. The lowest BCUT2D eigenvalue weighted by molar-refractivity contribution is -0.116. The van der Waals surface area contributed by atoms with E-state index in [0.29, 0.717) is 5.02 Å². The van der Waals surface area contributed by atoms with E-state index in [-0.39, 0.29) is 12.5 Å². The Bertz CT molecular complexity index is 810. The van der Waals surface area contributed by atoms with E-state index >= 15 is 0 Å². The average Bonchev–Trinajstić information content (AvgIpc) is 2.84. The number of nitrogens with zero attached hydrogens (tertiary/aromatic N) is 2. The summed E-state index contributed by atoms with van der Waals surface area (Å²) in [6, 6.07) is 9.47. The Morgan fingerprint density at radius 2 is 2.19 bits per heavy atom. The van der Waals surface area contributed by atoms with Gasteiger partial charge < -0.3 is 9.88 Å². The van der Waals surface area contributed by atoms with Crippen LogP contribution in [0.5, 0.6) is 0 Å². The van der Waals surface area contributed by atoms with Crippen LogP contribution >= 0.6 is 11.6 Å². The number of fused-ring (bicyclic) bond motifs is 1. The molecule has 4 nitrogen and oxygen atoms in total. The number of hydrogen-bond acceptors (Lipinski definition) is 2. The van der Waals surface area contributed by atoms with Crippen LogP contribution < -0.4 is 5.32 Å². The number of benzene rings is 1. The number of nitrogens with one attached hydrogen (secondary N) is 1. The van der Waals surface area contributed by atoms with Crippen molar-refractivity contribution in [2.45, 2.75) is 13.5 Å². The monoisotopic (exact) mass is 299 g/mol. The van der Waals surface area contributed by atoms with Gasteiger partial charge in [0.15, 0.2) is 0 Å². The van der Waals surface area contributed by atoms with Gasteiger partial charge in [-0.2, -0.15) is 0 Å². The normalized spacial score (nSPS) is 10.8. The van der Waals surface area contributed by atoms with Crippen LogP contribution in [-0.4, -0.2) is 15.5 Å². The lowest BCUT2D eigenvalue weighted by Gasteiger charge is -2.09. The molecule has 21 heavy (non-hydrogen) atoms. The predicted octanol–water partition coefficient (Wildman–Crippen LogP) is 3.64. The maximum Gasteiger partial charge on any atom is 0.244 e. The van der Waals surface area contributed by atoms with E-state index in [1.165, 1.54) is 0 Å². The fraction of sp³-hybridized carbons (Fsp3) is 0.125. The van der Waals surface area contributed by atoms with Gasteiger partial charge in [-0.25, -0.2) is 0 Å². The molecule has 0 aliphatic carbocycles. The first kappa shape index (κ1) is 13.6. The van der Waals surface area contributed by atoms with Gasteiger partial charge in [-0.05, 0) is 42.1 Å². The number of anilines is 1. The summed E-state index contributed by atoms with van der Waals surface area (Å²) in [5.74, 6) is -0.0939. The number of carbonyl (C=O) groups is 1. The van der Waals surface area contributed by atoms with Gasteiger partial charge in [-0.1, -0.05) is 17.7 Å². The molecule has 2 aromatic heterocycles. The van der Waals surface area contributed by atoms with Crippen LogP contribution in [-0.2, 0) is 11.3 Å². The molecule has 106 valence electrons. The first-order chi connectivity index (χ1) is 10.1. The number of aryl methyl sites for hydroxylation is 1. The Morgan fingerprint density at radius 3 is 3.00 bits per heavy atom. The Kier molecular flexibility index (Phi) is 3.62. The van der Waals surface area contributed by atoms with Crippen molar-refractivity contribution in [3.63, 3.8) is 0 Å². The first-order valence-electron chi connectivity index (χ1n) is 6.58. The summed E-state index contributed by atoms with van der Waals surface area (Å²) < 4.78 is 1.88. The third-order valence-electron chi connectivity index (χ3n) is 3.36. The summed E-state index contributed by atoms with van der Waals surface area (Å²) in [4.78, 5) is 16.2. The summed E-state index contributed by atoms with van der Waals surface area (Å²) in [7, 11) is 0. The van der Waals surface area contributed by atoms with Crippen molar-refractivity contribution in [2.24, 2.45) is 0 Å². The summed E-state index contributed by atoms with van der Waals surface area (Å²) in [5.41, 5.74) is 2.66. The molecule has 0 unspecified atom stereocenters. The zero-order valence-electron chi connectivity index (χ0n) is 11.5. The van der Waals surface area contributed by atoms with Crippen LogP contribution in [0.4, 0.5) is 5.69 Å². The van der Waals surface area contributed by atoms with Gasteiger partial charge in [0.1, 0.15) is 6.54 Å². The summed E-state index contributed by atoms with van der Waals surface area (Å²) in [5, 5.41) is 4.59. The van der Waals surface area contributed by atoms with Gasteiger partial charge >= 0.3 is 0 Å².